The van der Waals surface area contributed by atoms with Crippen LogP contribution < -0.4 is 9.47 Å². The Morgan fingerprint density at radius 3 is 2.29 bits per heavy atom. The second-order valence-electron chi connectivity index (χ2n) is 8.29. The molecule has 2 amide bonds. The van der Waals surface area contributed by atoms with Crippen molar-refractivity contribution in [2.45, 2.75) is 26.7 Å². The number of allylic oxidation sites excluding steroid dienone is 2. The zero-order valence-electron chi connectivity index (χ0n) is 17.6. The summed E-state index contributed by atoms with van der Waals surface area (Å²) in [6.45, 7) is 4.61. The number of carbonyl (C=O) groups excluding carboxylic acids is 3. The maximum Gasteiger partial charge on any atom is 0.233 e. The van der Waals surface area contributed by atoms with Crippen LogP contribution in [0.15, 0.2) is 36.4 Å². The molecule has 1 fully saturated rings. The van der Waals surface area contributed by atoms with Gasteiger partial charge in [-0.05, 0) is 44.9 Å². The monoisotopic (exact) mass is 420 g/mol. The largest absolute Gasteiger partial charge is 0.486 e. The molecule has 0 spiro atoms. The normalized spacial score (nSPS) is 22.1. The molecular formula is C24H24N2O5. The predicted octanol–water partition coefficient (Wildman–Crippen LogP) is 3.00. The Balaban J connectivity index is 1.41. The molecule has 1 saturated heterocycles. The summed E-state index contributed by atoms with van der Waals surface area (Å²) in [5.74, 6) is 0.0437. The fourth-order valence-electron chi connectivity index (χ4n) is 4.87. The maximum atomic E-state index is 13.1. The van der Waals surface area contributed by atoms with Gasteiger partial charge in [-0.25, -0.2) is 0 Å². The number of rotatable bonds is 4. The predicted molar refractivity (Wildman–Crippen MR) is 113 cm³/mol. The molecule has 0 bridgehead atoms. The van der Waals surface area contributed by atoms with E-state index < -0.39 is 0 Å². The molecule has 3 heterocycles. The molecule has 1 aliphatic carbocycles. The number of likely N-dealkylation sites (tertiary alicyclic amines) is 1. The summed E-state index contributed by atoms with van der Waals surface area (Å²) in [7, 11) is 0. The number of fused-ring (bicyclic) bond motifs is 2. The summed E-state index contributed by atoms with van der Waals surface area (Å²) in [4.78, 5) is 39.7. The number of hydrogen-bond acceptors (Lipinski definition) is 5. The average molecular weight is 420 g/mol. The fraction of sp³-hybridized carbons (Fsp3) is 0.375. The molecule has 160 valence electrons. The number of nitrogens with zero attached hydrogens (tertiary/aromatic N) is 2. The minimum Gasteiger partial charge on any atom is -0.486 e. The highest BCUT2D eigenvalue weighted by Crippen LogP contribution is 2.36. The van der Waals surface area contributed by atoms with Gasteiger partial charge < -0.3 is 14.0 Å². The molecule has 0 N–H and O–H groups in total. The third-order valence-corrected chi connectivity index (χ3v) is 6.42. The molecule has 5 rings (SSSR count). The van der Waals surface area contributed by atoms with Gasteiger partial charge >= 0.3 is 0 Å². The topological polar surface area (TPSA) is 77.8 Å². The van der Waals surface area contributed by atoms with E-state index in [-0.39, 0.29) is 36.0 Å². The van der Waals surface area contributed by atoms with Crippen LogP contribution in [0.5, 0.6) is 11.5 Å². The van der Waals surface area contributed by atoms with Gasteiger partial charge in [-0.1, -0.05) is 12.2 Å². The van der Waals surface area contributed by atoms with E-state index in [1.165, 1.54) is 0 Å². The maximum absolute atomic E-state index is 13.1. The van der Waals surface area contributed by atoms with Crippen LogP contribution in [0, 0.1) is 25.7 Å². The van der Waals surface area contributed by atoms with Gasteiger partial charge in [0.05, 0.1) is 18.4 Å². The van der Waals surface area contributed by atoms with Crippen LogP contribution in [0.4, 0.5) is 0 Å². The van der Waals surface area contributed by atoms with E-state index in [9.17, 15) is 14.4 Å². The third-order valence-electron chi connectivity index (χ3n) is 6.42. The fourth-order valence-corrected chi connectivity index (χ4v) is 4.87. The van der Waals surface area contributed by atoms with Crippen molar-refractivity contribution in [3.8, 4) is 17.2 Å². The van der Waals surface area contributed by atoms with Gasteiger partial charge in [0.25, 0.3) is 0 Å². The Labute approximate surface area is 180 Å². The molecule has 7 nitrogen and oxygen atoms in total. The lowest BCUT2D eigenvalue weighted by Gasteiger charge is -2.20. The van der Waals surface area contributed by atoms with Gasteiger partial charge in [-0.15, -0.1) is 0 Å². The highest BCUT2D eigenvalue weighted by molar-refractivity contribution is 6.10. The number of hydrogen-bond donors (Lipinski definition) is 0. The molecule has 3 aliphatic rings. The first kappa shape index (κ1) is 19.6. The van der Waals surface area contributed by atoms with Crippen LogP contribution in [0.1, 0.15) is 34.6 Å². The van der Waals surface area contributed by atoms with E-state index in [1.807, 2.05) is 54.8 Å². The Bertz CT molecular complexity index is 1100. The molecule has 0 radical (unpaired) electrons. The first-order valence-corrected chi connectivity index (χ1v) is 10.6. The number of carbonyl (C=O) groups is 3. The summed E-state index contributed by atoms with van der Waals surface area (Å²) in [5, 5.41) is 0. The van der Waals surface area contributed by atoms with Gasteiger partial charge in [0.2, 0.25) is 11.8 Å². The first-order chi connectivity index (χ1) is 15.0. The smallest absolute Gasteiger partial charge is 0.233 e. The van der Waals surface area contributed by atoms with Crippen molar-refractivity contribution in [3.63, 3.8) is 0 Å². The van der Waals surface area contributed by atoms with Gasteiger partial charge in [0.1, 0.15) is 13.2 Å². The molecule has 1 aromatic carbocycles. The van der Waals surface area contributed by atoms with Crippen molar-refractivity contribution in [1.82, 2.24) is 9.47 Å². The van der Waals surface area contributed by atoms with Crippen LogP contribution in [0.2, 0.25) is 0 Å². The Morgan fingerprint density at radius 1 is 0.968 bits per heavy atom. The molecule has 0 saturated carbocycles. The SMILES string of the molecule is Cc1cc(C(=O)CN2C(=O)[C@@H]3CC=CC[C@H]3C2=O)c(C)n1-c1ccc2c(c1)OCCO2. The number of ketones is 1. The number of benzene rings is 1. The summed E-state index contributed by atoms with van der Waals surface area (Å²) in [6.07, 6.45) is 5.02. The zero-order chi connectivity index (χ0) is 21.7. The lowest BCUT2D eigenvalue weighted by molar-refractivity contribution is -0.139. The van der Waals surface area contributed by atoms with Gasteiger partial charge in [-0.3, -0.25) is 19.3 Å². The number of aromatic nitrogens is 1. The Morgan fingerprint density at radius 2 is 1.61 bits per heavy atom. The molecule has 7 heteroatoms. The highest BCUT2D eigenvalue weighted by atomic mass is 16.6. The summed E-state index contributed by atoms with van der Waals surface area (Å²) in [5.41, 5.74) is 3.02. The van der Waals surface area contributed by atoms with E-state index >= 15 is 0 Å². The first-order valence-electron chi connectivity index (χ1n) is 10.6. The van der Waals surface area contributed by atoms with Crippen LogP contribution in [-0.2, 0) is 9.59 Å². The van der Waals surface area contributed by atoms with Crippen molar-refractivity contribution in [2.75, 3.05) is 19.8 Å². The molecule has 2 aromatic rings. The molecule has 1 aromatic heterocycles. The van der Waals surface area contributed by atoms with Gasteiger partial charge in [0.15, 0.2) is 17.3 Å². The van der Waals surface area contributed by atoms with Crippen molar-refractivity contribution in [2.24, 2.45) is 11.8 Å². The summed E-state index contributed by atoms with van der Waals surface area (Å²) in [6, 6.07) is 7.50. The second kappa shape index (κ2) is 7.41. The van der Waals surface area contributed by atoms with E-state index in [2.05, 4.69) is 0 Å². The number of amides is 2. The van der Waals surface area contributed by atoms with Crippen molar-refractivity contribution >= 4 is 17.6 Å². The lowest BCUT2D eigenvalue weighted by atomic mass is 9.85. The van der Waals surface area contributed by atoms with Gasteiger partial charge in [-0.2, -0.15) is 0 Å². The van der Waals surface area contributed by atoms with Crippen molar-refractivity contribution in [1.29, 1.82) is 0 Å². The molecular weight excluding hydrogens is 396 g/mol. The average Bonchev–Trinajstić information content (AvgIpc) is 3.21. The van der Waals surface area contributed by atoms with Crippen molar-refractivity contribution in [3.05, 3.63) is 53.4 Å². The molecule has 2 aliphatic heterocycles. The quantitative estimate of drug-likeness (QED) is 0.432. The molecule has 2 atom stereocenters. The second-order valence-corrected chi connectivity index (χ2v) is 8.29. The third kappa shape index (κ3) is 3.15. The zero-order valence-corrected chi connectivity index (χ0v) is 17.6. The van der Waals surface area contributed by atoms with Crippen LogP contribution in [-0.4, -0.2) is 46.8 Å². The molecule has 0 unspecified atom stereocenters. The van der Waals surface area contributed by atoms with E-state index in [1.54, 1.807) is 0 Å². The number of aryl methyl sites for hydroxylation is 1. The molecule has 31 heavy (non-hydrogen) atoms. The number of ether oxygens (including phenoxy) is 2. The number of imide groups is 1. The van der Waals surface area contributed by atoms with E-state index in [4.69, 9.17) is 9.47 Å². The Hall–Kier alpha value is -3.35. The van der Waals surface area contributed by atoms with Crippen LogP contribution in [0.3, 0.4) is 0 Å². The number of Topliss-reactive ketones (excluding diaryl/α,β-unsaturated/α-hetero) is 1. The summed E-state index contributed by atoms with van der Waals surface area (Å²) >= 11 is 0. The van der Waals surface area contributed by atoms with E-state index in [0.29, 0.717) is 43.1 Å². The van der Waals surface area contributed by atoms with Gasteiger partial charge in [0, 0.05) is 28.7 Å². The van der Waals surface area contributed by atoms with Crippen molar-refractivity contribution < 1.29 is 23.9 Å². The minimum absolute atomic E-state index is 0.212. The van der Waals surface area contributed by atoms with E-state index in [0.717, 1.165) is 22.0 Å². The highest BCUT2D eigenvalue weighted by Gasteiger charge is 2.47. The minimum atomic E-state index is -0.324. The van der Waals surface area contributed by atoms with Crippen LogP contribution in [0.25, 0.3) is 5.69 Å². The summed E-state index contributed by atoms with van der Waals surface area (Å²) < 4.78 is 13.3. The Kier molecular flexibility index (Phi) is 4.68. The van der Waals surface area contributed by atoms with Crippen LogP contribution >= 0.6 is 0 Å². The standard InChI is InChI=1S/C24H24N2O5/c1-14-11-19(15(2)26(14)16-7-8-21-22(12-16)31-10-9-30-21)20(27)13-25-23(28)17-5-3-4-6-18(17)24(25)29/h3-4,7-8,11-12,17-18H,5-6,9-10,13H2,1-2H3/t17-,18-/m1/s1. The lowest BCUT2D eigenvalue weighted by Crippen LogP contribution is -2.36.